The van der Waals surface area contributed by atoms with Crippen LogP contribution in [0.5, 0.6) is 0 Å². The van der Waals surface area contributed by atoms with E-state index in [0.717, 1.165) is 30.3 Å². The summed E-state index contributed by atoms with van der Waals surface area (Å²) in [6, 6.07) is 7.43. The Kier molecular flexibility index (Phi) is 3.72. The second-order valence-electron chi connectivity index (χ2n) is 4.07. The number of para-hydroxylation sites is 1. The summed E-state index contributed by atoms with van der Waals surface area (Å²) in [5.41, 5.74) is 1.37. The van der Waals surface area contributed by atoms with E-state index in [2.05, 4.69) is 17.2 Å². The molecule has 2 rings (SSSR count). The molecule has 0 spiro atoms. The largest absolute Gasteiger partial charge is 0.379 e. The molecule has 5 heteroatoms. The molecule has 2 aromatic rings. The SMILES string of the molecule is CCCCNc1c([N+](=O)[O-])cnc2ccccc12. The van der Waals surface area contributed by atoms with Crippen LogP contribution in [0.4, 0.5) is 11.4 Å². The summed E-state index contributed by atoms with van der Waals surface area (Å²) in [7, 11) is 0. The van der Waals surface area contributed by atoms with Crippen molar-refractivity contribution in [1.29, 1.82) is 0 Å². The van der Waals surface area contributed by atoms with Gasteiger partial charge in [0.15, 0.2) is 0 Å². The van der Waals surface area contributed by atoms with Gasteiger partial charge in [0.2, 0.25) is 0 Å². The van der Waals surface area contributed by atoms with Crippen molar-refractivity contribution in [3.8, 4) is 0 Å². The van der Waals surface area contributed by atoms with Gasteiger partial charge in [0.1, 0.15) is 11.9 Å². The zero-order valence-corrected chi connectivity index (χ0v) is 10.2. The van der Waals surface area contributed by atoms with Crippen molar-refractivity contribution in [2.75, 3.05) is 11.9 Å². The predicted molar refractivity (Wildman–Crippen MR) is 71.8 cm³/mol. The number of anilines is 1. The van der Waals surface area contributed by atoms with Crippen molar-refractivity contribution < 1.29 is 4.92 Å². The van der Waals surface area contributed by atoms with Crippen molar-refractivity contribution in [3.05, 3.63) is 40.6 Å². The number of nitrogens with one attached hydrogen (secondary N) is 1. The molecule has 0 atom stereocenters. The molecule has 0 saturated carbocycles. The van der Waals surface area contributed by atoms with Gasteiger partial charge >= 0.3 is 5.69 Å². The van der Waals surface area contributed by atoms with Crippen molar-refractivity contribution in [2.45, 2.75) is 19.8 Å². The molecule has 0 fully saturated rings. The van der Waals surface area contributed by atoms with Crippen LogP contribution in [0.2, 0.25) is 0 Å². The highest BCUT2D eigenvalue weighted by molar-refractivity contribution is 5.95. The molecule has 0 aliphatic rings. The number of hydrogen-bond donors (Lipinski definition) is 1. The predicted octanol–water partition coefficient (Wildman–Crippen LogP) is 3.36. The fourth-order valence-corrected chi connectivity index (χ4v) is 1.85. The van der Waals surface area contributed by atoms with Crippen LogP contribution in [0.15, 0.2) is 30.5 Å². The van der Waals surface area contributed by atoms with E-state index in [1.165, 1.54) is 6.20 Å². The van der Waals surface area contributed by atoms with Crippen LogP contribution in [0.25, 0.3) is 10.9 Å². The molecule has 0 unspecified atom stereocenters. The number of fused-ring (bicyclic) bond motifs is 1. The Morgan fingerprint density at radius 3 is 2.89 bits per heavy atom. The summed E-state index contributed by atoms with van der Waals surface area (Å²) in [4.78, 5) is 14.7. The van der Waals surface area contributed by atoms with Crippen LogP contribution in [0, 0.1) is 10.1 Å². The summed E-state index contributed by atoms with van der Waals surface area (Å²) in [5, 5.41) is 15.0. The zero-order valence-electron chi connectivity index (χ0n) is 10.2. The first kappa shape index (κ1) is 12.3. The normalized spacial score (nSPS) is 10.5. The highest BCUT2D eigenvalue weighted by Crippen LogP contribution is 2.31. The van der Waals surface area contributed by atoms with Gasteiger partial charge in [0, 0.05) is 11.9 Å². The monoisotopic (exact) mass is 245 g/mol. The molecular formula is C13H15N3O2. The first-order chi connectivity index (χ1) is 8.74. The van der Waals surface area contributed by atoms with E-state index in [9.17, 15) is 10.1 Å². The maximum Gasteiger partial charge on any atom is 0.311 e. The number of aromatic nitrogens is 1. The average Bonchev–Trinajstić information content (AvgIpc) is 2.38. The van der Waals surface area contributed by atoms with Gasteiger partial charge in [-0.15, -0.1) is 0 Å². The van der Waals surface area contributed by atoms with E-state index in [-0.39, 0.29) is 5.69 Å². The fourth-order valence-electron chi connectivity index (χ4n) is 1.85. The Morgan fingerprint density at radius 1 is 1.39 bits per heavy atom. The number of nitrogens with zero attached hydrogens (tertiary/aromatic N) is 2. The van der Waals surface area contributed by atoms with Crippen LogP contribution >= 0.6 is 0 Å². The Labute approximate surface area is 105 Å². The standard InChI is InChI=1S/C13H15N3O2/c1-2-3-8-14-13-10-6-4-5-7-11(10)15-9-12(13)16(17)18/h4-7,9H,2-3,8H2,1H3,(H,14,15). The van der Waals surface area contributed by atoms with Gasteiger partial charge in [-0.05, 0) is 12.5 Å². The summed E-state index contributed by atoms with van der Waals surface area (Å²) in [6.07, 6.45) is 3.34. The summed E-state index contributed by atoms with van der Waals surface area (Å²) in [6.45, 7) is 2.81. The Hall–Kier alpha value is -2.17. The summed E-state index contributed by atoms with van der Waals surface area (Å²) >= 11 is 0. The third kappa shape index (κ3) is 2.40. The van der Waals surface area contributed by atoms with Gasteiger partial charge in [-0.3, -0.25) is 10.1 Å². The topological polar surface area (TPSA) is 68.1 Å². The lowest BCUT2D eigenvalue weighted by atomic mass is 10.1. The molecule has 0 bridgehead atoms. The third-order valence-electron chi connectivity index (χ3n) is 2.78. The molecule has 0 amide bonds. The molecule has 0 aliphatic carbocycles. The van der Waals surface area contributed by atoms with E-state index in [1.54, 1.807) is 0 Å². The maximum absolute atomic E-state index is 11.0. The van der Waals surface area contributed by atoms with E-state index in [1.807, 2.05) is 24.3 Å². The lowest BCUT2D eigenvalue weighted by molar-refractivity contribution is -0.384. The molecular weight excluding hydrogens is 230 g/mol. The minimum Gasteiger partial charge on any atom is -0.379 e. The van der Waals surface area contributed by atoms with Gasteiger partial charge in [-0.25, -0.2) is 4.98 Å². The number of nitro groups is 1. The van der Waals surface area contributed by atoms with Gasteiger partial charge in [-0.2, -0.15) is 0 Å². The Bertz CT molecular complexity index is 569. The quantitative estimate of drug-likeness (QED) is 0.498. The second kappa shape index (κ2) is 5.44. The van der Waals surface area contributed by atoms with E-state index >= 15 is 0 Å². The molecule has 5 nitrogen and oxygen atoms in total. The minimum atomic E-state index is -0.395. The minimum absolute atomic E-state index is 0.0322. The smallest absolute Gasteiger partial charge is 0.311 e. The van der Waals surface area contributed by atoms with Crippen LogP contribution < -0.4 is 5.32 Å². The van der Waals surface area contributed by atoms with Crippen LogP contribution in [-0.2, 0) is 0 Å². The molecule has 18 heavy (non-hydrogen) atoms. The molecule has 1 N–H and O–H groups in total. The Balaban J connectivity index is 2.48. The molecule has 0 saturated heterocycles. The number of hydrogen-bond acceptors (Lipinski definition) is 4. The molecule has 0 radical (unpaired) electrons. The lowest BCUT2D eigenvalue weighted by Crippen LogP contribution is -2.05. The molecule has 1 heterocycles. The number of unbranched alkanes of at least 4 members (excludes halogenated alkanes) is 1. The molecule has 94 valence electrons. The summed E-state index contributed by atoms with van der Waals surface area (Å²) < 4.78 is 0. The fraction of sp³-hybridized carbons (Fsp3) is 0.308. The first-order valence-electron chi connectivity index (χ1n) is 6.00. The number of benzene rings is 1. The van der Waals surface area contributed by atoms with Gasteiger partial charge in [0.25, 0.3) is 0 Å². The van der Waals surface area contributed by atoms with Crippen molar-refractivity contribution >= 4 is 22.3 Å². The Morgan fingerprint density at radius 2 is 2.17 bits per heavy atom. The van der Waals surface area contributed by atoms with Gasteiger partial charge in [-0.1, -0.05) is 31.5 Å². The van der Waals surface area contributed by atoms with Crippen molar-refractivity contribution in [2.24, 2.45) is 0 Å². The molecule has 1 aromatic heterocycles. The first-order valence-corrected chi connectivity index (χ1v) is 6.00. The summed E-state index contributed by atoms with van der Waals surface area (Å²) in [5.74, 6) is 0. The number of rotatable bonds is 5. The highest BCUT2D eigenvalue weighted by atomic mass is 16.6. The van der Waals surface area contributed by atoms with E-state index in [0.29, 0.717) is 5.69 Å². The second-order valence-corrected chi connectivity index (χ2v) is 4.07. The molecule has 0 aliphatic heterocycles. The van der Waals surface area contributed by atoms with Crippen molar-refractivity contribution in [3.63, 3.8) is 0 Å². The van der Waals surface area contributed by atoms with Crippen molar-refractivity contribution in [1.82, 2.24) is 4.98 Å². The van der Waals surface area contributed by atoms with E-state index < -0.39 is 4.92 Å². The lowest BCUT2D eigenvalue weighted by Gasteiger charge is -2.09. The van der Waals surface area contributed by atoms with Gasteiger partial charge < -0.3 is 5.32 Å². The zero-order chi connectivity index (χ0) is 13.0. The van der Waals surface area contributed by atoms with Crippen LogP contribution in [0.1, 0.15) is 19.8 Å². The van der Waals surface area contributed by atoms with Gasteiger partial charge in [0.05, 0.1) is 10.4 Å². The third-order valence-corrected chi connectivity index (χ3v) is 2.78. The maximum atomic E-state index is 11.0. The van der Waals surface area contributed by atoms with E-state index in [4.69, 9.17) is 0 Å². The van der Waals surface area contributed by atoms with Crippen LogP contribution in [0.3, 0.4) is 0 Å². The average molecular weight is 245 g/mol. The highest BCUT2D eigenvalue weighted by Gasteiger charge is 2.17. The van der Waals surface area contributed by atoms with Crippen LogP contribution in [-0.4, -0.2) is 16.5 Å². The number of pyridine rings is 1. The molecule has 1 aromatic carbocycles.